The smallest absolute Gasteiger partial charge is 0.246 e. The second kappa shape index (κ2) is 9.79. The van der Waals surface area contributed by atoms with Gasteiger partial charge in [-0.25, -0.2) is 13.1 Å². The van der Waals surface area contributed by atoms with Gasteiger partial charge in [0, 0.05) is 25.2 Å². The topological polar surface area (TPSA) is 94.2 Å². The van der Waals surface area contributed by atoms with E-state index in [2.05, 4.69) is 4.72 Å². The van der Waals surface area contributed by atoms with E-state index >= 15 is 0 Å². The van der Waals surface area contributed by atoms with Crippen LogP contribution in [0.5, 0.6) is 17.2 Å². The molecule has 2 rings (SSSR count). The molecule has 156 valence electrons. The van der Waals surface area contributed by atoms with Crippen LogP contribution in [-0.4, -0.2) is 65.9 Å². The van der Waals surface area contributed by atoms with Crippen molar-refractivity contribution in [3.8, 4) is 17.2 Å². The zero-order valence-electron chi connectivity index (χ0n) is 16.7. The van der Waals surface area contributed by atoms with E-state index in [4.69, 9.17) is 14.2 Å². The van der Waals surface area contributed by atoms with E-state index in [1.54, 1.807) is 23.1 Å². The number of piperidine rings is 1. The second-order valence-corrected chi connectivity index (χ2v) is 8.43. The molecule has 0 aliphatic carbocycles. The minimum absolute atomic E-state index is 0.152. The maximum Gasteiger partial charge on any atom is 0.246 e. The zero-order chi connectivity index (χ0) is 20.7. The molecule has 1 aromatic carbocycles. The first kappa shape index (κ1) is 22.0. The number of amides is 1. The first-order valence-corrected chi connectivity index (χ1v) is 10.9. The van der Waals surface area contributed by atoms with E-state index < -0.39 is 10.0 Å². The van der Waals surface area contributed by atoms with Crippen LogP contribution in [0.2, 0.25) is 0 Å². The predicted molar refractivity (Wildman–Crippen MR) is 107 cm³/mol. The Morgan fingerprint density at radius 3 is 2.36 bits per heavy atom. The van der Waals surface area contributed by atoms with Gasteiger partial charge >= 0.3 is 0 Å². The lowest BCUT2D eigenvalue weighted by Crippen LogP contribution is -2.48. The fourth-order valence-electron chi connectivity index (χ4n) is 3.21. The maximum absolute atomic E-state index is 12.7. The highest BCUT2D eigenvalue weighted by atomic mass is 32.2. The van der Waals surface area contributed by atoms with Gasteiger partial charge in [-0.05, 0) is 43.0 Å². The molecule has 28 heavy (non-hydrogen) atoms. The average Bonchev–Trinajstić information content (AvgIpc) is 2.69. The van der Waals surface area contributed by atoms with Crippen molar-refractivity contribution < 1.29 is 27.4 Å². The van der Waals surface area contributed by atoms with Crippen LogP contribution in [0.1, 0.15) is 24.8 Å². The van der Waals surface area contributed by atoms with Gasteiger partial charge in [-0.15, -0.1) is 0 Å². The van der Waals surface area contributed by atoms with Crippen LogP contribution in [-0.2, 0) is 14.8 Å². The molecule has 1 N–H and O–H groups in total. The van der Waals surface area contributed by atoms with E-state index in [0.717, 1.165) is 31.1 Å². The Labute approximate surface area is 166 Å². The van der Waals surface area contributed by atoms with Crippen molar-refractivity contribution in [1.29, 1.82) is 0 Å². The number of rotatable bonds is 8. The third-order valence-corrected chi connectivity index (χ3v) is 5.29. The standard InChI is InChI=1S/C19H28N2O6S/c1-25-16-11-14(12-17(26-2)19(16)27-3)8-9-18(22)21-10-6-5-7-15(21)13-20-28(4,23)24/h8-9,11-12,15,20H,5-7,10,13H2,1-4H3/b9-8+. The van der Waals surface area contributed by atoms with Crippen LogP contribution in [0.15, 0.2) is 18.2 Å². The van der Waals surface area contributed by atoms with E-state index in [1.165, 1.54) is 27.4 Å². The minimum Gasteiger partial charge on any atom is -0.493 e. The van der Waals surface area contributed by atoms with Crippen LogP contribution >= 0.6 is 0 Å². The Balaban J connectivity index is 2.16. The van der Waals surface area contributed by atoms with E-state index in [-0.39, 0.29) is 18.5 Å². The first-order chi connectivity index (χ1) is 13.3. The molecule has 0 spiro atoms. The van der Waals surface area contributed by atoms with Crippen LogP contribution in [0, 0.1) is 0 Å². The molecule has 1 aliphatic rings. The van der Waals surface area contributed by atoms with Crippen molar-refractivity contribution in [1.82, 2.24) is 9.62 Å². The monoisotopic (exact) mass is 412 g/mol. The molecule has 1 amide bonds. The maximum atomic E-state index is 12.7. The Hall–Kier alpha value is -2.26. The lowest BCUT2D eigenvalue weighted by atomic mass is 10.0. The number of carbonyl (C=O) groups is 1. The molecule has 1 atom stereocenters. The number of likely N-dealkylation sites (tertiary alicyclic amines) is 1. The van der Waals surface area contributed by atoms with Gasteiger partial charge < -0.3 is 19.1 Å². The third-order valence-electron chi connectivity index (χ3n) is 4.60. The predicted octanol–water partition coefficient (Wildman–Crippen LogP) is 1.66. The van der Waals surface area contributed by atoms with Crippen molar-refractivity contribution in [3.63, 3.8) is 0 Å². The van der Waals surface area contributed by atoms with E-state index in [0.29, 0.717) is 23.8 Å². The van der Waals surface area contributed by atoms with Gasteiger partial charge in [-0.3, -0.25) is 4.79 Å². The summed E-state index contributed by atoms with van der Waals surface area (Å²) in [4.78, 5) is 14.4. The molecule has 1 fully saturated rings. The number of sulfonamides is 1. The third kappa shape index (κ3) is 5.87. The first-order valence-electron chi connectivity index (χ1n) is 9.02. The van der Waals surface area contributed by atoms with Crippen LogP contribution in [0.4, 0.5) is 0 Å². The molecule has 1 saturated heterocycles. The summed E-state index contributed by atoms with van der Waals surface area (Å²) in [6.45, 7) is 0.830. The van der Waals surface area contributed by atoms with Gasteiger partial charge in [-0.1, -0.05) is 0 Å². The lowest BCUT2D eigenvalue weighted by Gasteiger charge is -2.35. The van der Waals surface area contributed by atoms with Gasteiger partial charge in [0.05, 0.1) is 27.6 Å². The molecule has 1 heterocycles. The summed E-state index contributed by atoms with van der Waals surface area (Å²) < 4.78 is 41.2. The Morgan fingerprint density at radius 1 is 1.18 bits per heavy atom. The Morgan fingerprint density at radius 2 is 1.82 bits per heavy atom. The number of hydrogen-bond donors (Lipinski definition) is 1. The number of hydrogen-bond acceptors (Lipinski definition) is 6. The quantitative estimate of drug-likeness (QED) is 0.653. The van der Waals surface area contributed by atoms with Crippen LogP contribution in [0.3, 0.4) is 0 Å². The van der Waals surface area contributed by atoms with Crippen molar-refractivity contribution in [2.24, 2.45) is 0 Å². The number of methoxy groups -OCH3 is 3. The summed E-state index contributed by atoms with van der Waals surface area (Å²) in [5.74, 6) is 1.33. The lowest BCUT2D eigenvalue weighted by molar-refractivity contribution is -0.129. The fourth-order valence-corrected chi connectivity index (χ4v) is 3.71. The number of ether oxygens (including phenoxy) is 3. The van der Waals surface area contributed by atoms with Crippen molar-refractivity contribution >= 4 is 22.0 Å². The zero-order valence-corrected chi connectivity index (χ0v) is 17.5. The van der Waals surface area contributed by atoms with Crippen molar-refractivity contribution in [2.75, 3.05) is 40.7 Å². The highest BCUT2D eigenvalue weighted by Gasteiger charge is 2.26. The molecule has 1 aliphatic heterocycles. The summed E-state index contributed by atoms with van der Waals surface area (Å²) in [5, 5.41) is 0. The number of nitrogens with one attached hydrogen (secondary N) is 1. The van der Waals surface area contributed by atoms with Crippen molar-refractivity contribution in [3.05, 3.63) is 23.8 Å². The van der Waals surface area contributed by atoms with Gasteiger partial charge in [0.25, 0.3) is 0 Å². The average molecular weight is 413 g/mol. The number of nitrogens with zero attached hydrogens (tertiary/aromatic N) is 1. The molecule has 0 saturated carbocycles. The summed E-state index contributed by atoms with van der Waals surface area (Å²) in [5.41, 5.74) is 0.727. The molecular weight excluding hydrogens is 384 g/mol. The SMILES string of the molecule is COc1cc(/C=C/C(=O)N2CCCCC2CNS(C)(=O)=O)cc(OC)c1OC. The van der Waals surface area contributed by atoms with E-state index in [9.17, 15) is 13.2 Å². The fraction of sp³-hybridized carbons (Fsp3) is 0.526. The van der Waals surface area contributed by atoms with Gasteiger partial charge in [-0.2, -0.15) is 0 Å². The van der Waals surface area contributed by atoms with Crippen LogP contribution < -0.4 is 18.9 Å². The number of benzene rings is 1. The molecular formula is C19H28N2O6S. The highest BCUT2D eigenvalue weighted by Crippen LogP contribution is 2.38. The molecule has 0 bridgehead atoms. The number of carbonyl (C=O) groups excluding carboxylic acids is 1. The summed E-state index contributed by atoms with van der Waals surface area (Å²) in [6, 6.07) is 3.36. The van der Waals surface area contributed by atoms with Crippen molar-refractivity contribution in [2.45, 2.75) is 25.3 Å². The minimum atomic E-state index is -3.30. The van der Waals surface area contributed by atoms with Gasteiger partial charge in [0.15, 0.2) is 11.5 Å². The normalized spacial score (nSPS) is 17.6. The molecule has 0 aromatic heterocycles. The van der Waals surface area contributed by atoms with Crippen LogP contribution in [0.25, 0.3) is 6.08 Å². The Kier molecular flexibility index (Phi) is 7.70. The van der Waals surface area contributed by atoms with E-state index in [1.807, 2.05) is 0 Å². The second-order valence-electron chi connectivity index (χ2n) is 6.59. The molecule has 9 heteroatoms. The molecule has 1 aromatic rings. The summed E-state index contributed by atoms with van der Waals surface area (Å²) >= 11 is 0. The summed E-state index contributed by atoms with van der Waals surface area (Å²) in [6.07, 6.45) is 6.93. The summed E-state index contributed by atoms with van der Waals surface area (Å²) in [7, 11) is 1.29. The van der Waals surface area contributed by atoms with Gasteiger partial charge in [0.2, 0.25) is 21.7 Å². The molecule has 1 unspecified atom stereocenters. The molecule has 0 radical (unpaired) electrons. The highest BCUT2D eigenvalue weighted by molar-refractivity contribution is 7.88. The Bertz CT molecular complexity index is 797. The molecule has 8 nitrogen and oxygen atoms in total. The largest absolute Gasteiger partial charge is 0.493 e. The van der Waals surface area contributed by atoms with Gasteiger partial charge in [0.1, 0.15) is 0 Å².